The minimum atomic E-state index is -1.07. The van der Waals surface area contributed by atoms with Crippen LogP contribution in [0.1, 0.15) is 21.7 Å². The van der Waals surface area contributed by atoms with Crippen LogP contribution in [0.4, 0.5) is 0 Å². The summed E-state index contributed by atoms with van der Waals surface area (Å²) in [7, 11) is 1.53. The topological polar surface area (TPSA) is 95.5 Å². The van der Waals surface area contributed by atoms with E-state index in [2.05, 4.69) is 10.6 Å². The molecule has 1 aromatic rings. The molecular formula is C12H14N2O4S. The van der Waals surface area contributed by atoms with Crippen molar-refractivity contribution in [3.8, 4) is 0 Å². The molecule has 1 rings (SSSR count). The molecule has 19 heavy (non-hydrogen) atoms. The third kappa shape index (κ3) is 4.92. The normalized spacial score (nSPS) is 10.4. The number of carboxylic acids is 1. The lowest BCUT2D eigenvalue weighted by atomic mass is 10.2. The van der Waals surface area contributed by atoms with Crippen LogP contribution in [0, 0.1) is 0 Å². The van der Waals surface area contributed by atoms with E-state index in [0.717, 1.165) is 6.08 Å². The van der Waals surface area contributed by atoms with E-state index in [1.54, 1.807) is 11.4 Å². The predicted octanol–water partition coefficient (Wildman–Crippen LogP) is 0.712. The molecule has 0 saturated carbocycles. The Morgan fingerprint density at radius 2 is 2.16 bits per heavy atom. The average molecular weight is 282 g/mol. The molecule has 0 spiro atoms. The van der Waals surface area contributed by atoms with Crippen LogP contribution < -0.4 is 10.6 Å². The Hall–Kier alpha value is -2.15. The first kappa shape index (κ1) is 14.9. The maximum Gasteiger partial charge on any atom is 0.328 e. The fourth-order valence-electron chi connectivity index (χ4n) is 1.29. The molecule has 0 aliphatic heterocycles. The molecule has 3 N–H and O–H groups in total. The zero-order valence-corrected chi connectivity index (χ0v) is 11.1. The van der Waals surface area contributed by atoms with E-state index < -0.39 is 5.97 Å². The summed E-state index contributed by atoms with van der Waals surface area (Å²) < 4.78 is 0. The lowest BCUT2D eigenvalue weighted by Gasteiger charge is -2.03. The molecule has 0 aliphatic rings. The standard InChI is InChI=1S/C12H14N2O4S/c1-13-9(15)4-6-14-12(18)11-8(5-7-19-11)2-3-10(16)17/h2-3,5,7H,4,6H2,1H3,(H,13,15)(H,14,18)(H,16,17). The number of aliphatic carboxylic acids is 1. The second kappa shape index (κ2) is 7.32. The number of hydrogen-bond acceptors (Lipinski definition) is 4. The summed E-state index contributed by atoms with van der Waals surface area (Å²) in [6.45, 7) is 0.235. The van der Waals surface area contributed by atoms with Crippen LogP contribution in [0.15, 0.2) is 17.5 Å². The maximum atomic E-state index is 11.8. The van der Waals surface area contributed by atoms with Gasteiger partial charge in [0.05, 0.1) is 4.88 Å². The van der Waals surface area contributed by atoms with Crippen LogP contribution >= 0.6 is 11.3 Å². The van der Waals surface area contributed by atoms with Gasteiger partial charge in [-0.25, -0.2) is 4.79 Å². The van der Waals surface area contributed by atoms with E-state index in [1.807, 2.05) is 0 Å². The number of hydrogen-bond donors (Lipinski definition) is 3. The molecule has 1 heterocycles. The monoisotopic (exact) mass is 282 g/mol. The second-order valence-electron chi connectivity index (χ2n) is 3.56. The highest BCUT2D eigenvalue weighted by molar-refractivity contribution is 7.12. The van der Waals surface area contributed by atoms with Crippen LogP contribution in [-0.4, -0.2) is 36.5 Å². The van der Waals surface area contributed by atoms with Gasteiger partial charge in [-0.2, -0.15) is 0 Å². The van der Waals surface area contributed by atoms with Gasteiger partial charge in [0.2, 0.25) is 5.91 Å². The van der Waals surface area contributed by atoms with Crippen molar-refractivity contribution >= 4 is 35.2 Å². The summed E-state index contributed by atoms with van der Waals surface area (Å²) in [5.74, 6) is -1.54. The molecule has 2 amide bonds. The highest BCUT2D eigenvalue weighted by atomic mass is 32.1. The van der Waals surface area contributed by atoms with Gasteiger partial charge < -0.3 is 15.7 Å². The number of carboxylic acid groups (broad SMARTS) is 1. The average Bonchev–Trinajstić information content (AvgIpc) is 2.84. The fraction of sp³-hybridized carbons (Fsp3) is 0.250. The molecule has 1 aromatic heterocycles. The fourth-order valence-corrected chi connectivity index (χ4v) is 2.09. The summed E-state index contributed by atoms with van der Waals surface area (Å²) >= 11 is 1.22. The lowest BCUT2D eigenvalue weighted by molar-refractivity contribution is -0.131. The summed E-state index contributed by atoms with van der Waals surface area (Å²) in [6.07, 6.45) is 2.55. The van der Waals surface area contributed by atoms with E-state index in [-0.39, 0.29) is 24.8 Å². The first-order chi connectivity index (χ1) is 9.04. The maximum absolute atomic E-state index is 11.8. The van der Waals surface area contributed by atoms with Crippen LogP contribution in [0.2, 0.25) is 0 Å². The summed E-state index contributed by atoms with van der Waals surface area (Å²) in [4.78, 5) is 33.7. The Kier molecular flexibility index (Phi) is 5.74. The van der Waals surface area contributed by atoms with Gasteiger partial charge in [0, 0.05) is 26.1 Å². The van der Waals surface area contributed by atoms with E-state index in [4.69, 9.17) is 5.11 Å². The molecule has 0 fully saturated rings. The van der Waals surface area contributed by atoms with E-state index in [9.17, 15) is 14.4 Å². The zero-order chi connectivity index (χ0) is 14.3. The van der Waals surface area contributed by atoms with Crippen molar-refractivity contribution in [1.29, 1.82) is 0 Å². The van der Waals surface area contributed by atoms with Gasteiger partial charge in [-0.05, 0) is 23.1 Å². The Bertz CT molecular complexity index is 508. The number of rotatable bonds is 6. The molecule has 0 bridgehead atoms. The molecule has 7 heteroatoms. The molecule has 0 saturated heterocycles. The Balaban J connectivity index is 2.60. The summed E-state index contributed by atoms with van der Waals surface area (Å²) in [5, 5.41) is 15.3. The predicted molar refractivity (Wildman–Crippen MR) is 72.0 cm³/mol. The van der Waals surface area contributed by atoms with Crippen molar-refractivity contribution in [3.05, 3.63) is 28.0 Å². The lowest BCUT2D eigenvalue weighted by Crippen LogP contribution is -2.29. The van der Waals surface area contributed by atoms with Crippen LogP contribution in [0.3, 0.4) is 0 Å². The van der Waals surface area contributed by atoms with Crippen molar-refractivity contribution in [2.24, 2.45) is 0 Å². The molecule has 102 valence electrons. The molecular weight excluding hydrogens is 268 g/mol. The van der Waals surface area contributed by atoms with Crippen molar-refractivity contribution in [2.75, 3.05) is 13.6 Å². The Morgan fingerprint density at radius 1 is 1.42 bits per heavy atom. The largest absolute Gasteiger partial charge is 0.478 e. The van der Waals surface area contributed by atoms with E-state index >= 15 is 0 Å². The zero-order valence-electron chi connectivity index (χ0n) is 10.3. The van der Waals surface area contributed by atoms with E-state index in [0.29, 0.717) is 10.4 Å². The number of thiophene rings is 1. The molecule has 6 nitrogen and oxygen atoms in total. The first-order valence-corrected chi connectivity index (χ1v) is 6.40. The SMILES string of the molecule is CNC(=O)CCNC(=O)c1sccc1C=CC(=O)O. The smallest absolute Gasteiger partial charge is 0.328 e. The third-order valence-electron chi connectivity index (χ3n) is 2.22. The molecule has 0 unspecified atom stereocenters. The molecule has 0 aliphatic carbocycles. The number of carbonyl (C=O) groups excluding carboxylic acids is 2. The Labute approximate surface area is 114 Å². The number of nitrogens with one attached hydrogen (secondary N) is 2. The molecule has 0 aromatic carbocycles. The van der Waals surface area contributed by atoms with E-state index in [1.165, 1.54) is 24.5 Å². The van der Waals surface area contributed by atoms with Crippen molar-refractivity contribution in [2.45, 2.75) is 6.42 Å². The minimum absolute atomic E-state index is 0.155. The third-order valence-corrected chi connectivity index (χ3v) is 3.15. The van der Waals surface area contributed by atoms with Gasteiger partial charge in [0.15, 0.2) is 0 Å². The number of amides is 2. The van der Waals surface area contributed by atoms with Crippen LogP contribution in [0.25, 0.3) is 6.08 Å². The van der Waals surface area contributed by atoms with Gasteiger partial charge in [0.1, 0.15) is 0 Å². The minimum Gasteiger partial charge on any atom is -0.478 e. The van der Waals surface area contributed by atoms with Crippen molar-refractivity contribution in [3.63, 3.8) is 0 Å². The van der Waals surface area contributed by atoms with Gasteiger partial charge >= 0.3 is 5.97 Å². The number of carbonyl (C=O) groups is 3. The van der Waals surface area contributed by atoms with Gasteiger partial charge in [0.25, 0.3) is 5.91 Å². The first-order valence-electron chi connectivity index (χ1n) is 5.52. The Morgan fingerprint density at radius 3 is 2.79 bits per heavy atom. The summed E-state index contributed by atoms with van der Waals surface area (Å²) in [6, 6.07) is 1.66. The van der Waals surface area contributed by atoms with Crippen molar-refractivity contribution in [1.82, 2.24) is 10.6 Å². The van der Waals surface area contributed by atoms with Crippen LogP contribution in [-0.2, 0) is 9.59 Å². The highest BCUT2D eigenvalue weighted by Crippen LogP contribution is 2.18. The molecule has 0 radical (unpaired) electrons. The quantitative estimate of drug-likeness (QED) is 0.670. The van der Waals surface area contributed by atoms with Gasteiger partial charge in [-0.15, -0.1) is 11.3 Å². The molecule has 0 atom stereocenters. The van der Waals surface area contributed by atoms with Gasteiger partial charge in [-0.3, -0.25) is 9.59 Å². The van der Waals surface area contributed by atoms with Crippen molar-refractivity contribution < 1.29 is 19.5 Å². The second-order valence-corrected chi connectivity index (χ2v) is 4.47. The highest BCUT2D eigenvalue weighted by Gasteiger charge is 2.11. The summed E-state index contributed by atoms with van der Waals surface area (Å²) in [5.41, 5.74) is 0.546. The van der Waals surface area contributed by atoms with Gasteiger partial charge in [-0.1, -0.05) is 0 Å². The van der Waals surface area contributed by atoms with Crippen LogP contribution in [0.5, 0.6) is 0 Å².